The molecule has 1 N–H and O–H groups in total. The molecule has 4 rings (SSSR count). The van der Waals surface area contributed by atoms with Crippen LogP contribution in [0.15, 0.2) is 60.3 Å². The van der Waals surface area contributed by atoms with Crippen LogP contribution in [0.25, 0.3) is 0 Å². The van der Waals surface area contributed by atoms with Crippen LogP contribution in [0.5, 0.6) is 0 Å². The lowest BCUT2D eigenvalue weighted by Gasteiger charge is -2.63. The molecule has 60 heavy (non-hydrogen) atoms. The van der Waals surface area contributed by atoms with E-state index in [1.807, 2.05) is 0 Å². The van der Waals surface area contributed by atoms with E-state index in [-0.39, 0.29) is 41.9 Å². The van der Waals surface area contributed by atoms with Gasteiger partial charge in [0.1, 0.15) is 6.61 Å². The van der Waals surface area contributed by atoms with Crippen LogP contribution in [0.3, 0.4) is 0 Å². The Morgan fingerprint density at radius 3 is 2.12 bits per heavy atom. The number of allylic oxidation sites excluding steroid dienone is 9. The summed E-state index contributed by atoms with van der Waals surface area (Å²) in [6.07, 6.45) is 52.4. The predicted molar refractivity (Wildman–Crippen MR) is 252 cm³/mol. The molecule has 1 aliphatic heterocycles. The van der Waals surface area contributed by atoms with E-state index in [9.17, 15) is 14.7 Å². The van der Waals surface area contributed by atoms with Crippen LogP contribution >= 0.6 is 0 Å². The molecule has 2 fully saturated rings. The smallest absolute Gasteiger partial charge is 0.306 e. The van der Waals surface area contributed by atoms with Gasteiger partial charge in [0.25, 0.3) is 0 Å². The number of carbonyl (C=O) groups excluding carboxylic acids is 2. The predicted octanol–water partition coefficient (Wildman–Crippen LogP) is 15.2. The van der Waals surface area contributed by atoms with E-state index in [0.29, 0.717) is 31.1 Å². The topological polar surface area (TPSA) is 72.8 Å². The highest BCUT2D eigenvalue weighted by Gasteiger charge is 2.62. The zero-order valence-electron chi connectivity index (χ0n) is 39.2. The Morgan fingerprint density at radius 2 is 1.37 bits per heavy atom. The van der Waals surface area contributed by atoms with Gasteiger partial charge in [-0.25, -0.2) is 0 Å². The van der Waals surface area contributed by atoms with Crippen LogP contribution in [0.2, 0.25) is 0 Å². The average molecular weight is 831 g/mol. The summed E-state index contributed by atoms with van der Waals surface area (Å²) in [7, 11) is 0. The number of hydrogen-bond acceptors (Lipinski definition) is 5. The minimum absolute atomic E-state index is 0.0542. The monoisotopic (exact) mass is 831 g/mol. The van der Waals surface area contributed by atoms with Gasteiger partial charge in [-0.1, -0.05) is 147 Å². The molecule has 4 aliphatic rings. The molecular formula is C55H90O5. The maximum atomic E-state index is 13.2. The summed E-state index contributed by atoms with van der Waals surface area (Å²) in [4.78, 5) is 26.3. The normalized spacial score (nSPS) is 32.0. The lowest BCUT2D eigenvalue weighted by molar-refractivity contribution is -0.193. The highest BCUT2D eigenvalue weighted by atomic mass is 16.5. The molecule has 0 aromatic carbocycles. The maximum absolute atomic E-state index is 13.2. The molecule has 6 unspecified atom stereocenters. The summed E-state index contributed by atoms with van der Waals surface area (Å²) in [6, 6.07) is 0. The van der Waals surface area contributed by atoms with Crippen molar-refractivity contribution in [3.05, 3.63) is 60.3 Å². The third-order valence-electron chi connectivity index (χ3n) is 15.4. The first-order valence-electron chi connectivity index (χ1n) is 25.4. The molecule has 5 nitrogen and oxygen atoms in total. The van der Waals surface area contributed by atoms with Crippen molar-refractivity contribution < 1.29 is 24.2 Å². The lowest BCUT2D eigenvalue weighted by atomic mass is 9.42. The third-order valence-corrected chi connectivity index (χ3v) is 15.4. The number of aliphatic hydroxyl groups is 1. The summed E-state index contributed by atoms with van der Waals surface area (Å²) < 4.78 is 12.1. The summed E-state index contributed by atoms with van der Waals surface area (Å²) >= 11 is 0. The second-order valence-corrected chi connectivity index (χ2v) is 20.5. The molecule has 5 heteroatoms. The van der Waals surface area contributed by atoms with Gasteiger partial charge in [0.15, 0.2) is 0 Å². The van der Waals surface area contributed by atoms with Crippen molar-refractivity contribution in [2.24, 2.45) is 34.0 Å². The van der Waals surface area contributed by atoms with E-state index >= 15 is 0 Å². The fourth-order valence-electron chi connectivity index (χ4n) is 11.9. The van der Waals surface area contributed by atoms with Gasteiger partial charge in [-0.2, -0.15) is 0 Å². The number of carbonyl (C=O) groups is 2. The molecule has 0 amide bonds. The summed E-state index contributed by atoms with van der Waals surface area (Å²) in [5, 5.41) is 12.2. The lowest BCUT2D eigenvalue weighted by Crippen LogP contribution is -2.60. The minimum Gasteiger partial charge on any atom is -0.465 e. The van der Waals surface area contributed by atoms with Crippen LogP contribution in [0.1, 0.15) is 220 Å². The molecular weight excluding hydrogens is 741 g/mol. The Balaban J connectivity index is 1.36. The molecule has 2 saturated carbocycles. The molecule has 0 aromatic heterocycles. The summed E-state index contributed by atoms with van der Waals surface area (Å²) in [6.45, 7) is 10.2. The zero-order chi connectivity index (χ0) is 42.9. The molecule has 1 spiro atoms. The fourth-order valence-corrected chi connectivity index (χ4v) is 11.9. The Hall–Kier alpha value is -2.40. The first-order valence-corrected chi connectivity index (χ1v) is 25.4. The zero-order valence-corrected chi connectivity index (χ0v) is 39.2. The number of hydrogen-bond donors (Lipinski definition) is 1. The third kappa shape index (κ3) is 16.7. The van der Waals surface area contributed by atoms with Gasteiger partial charge in [0.2, 0.25) is 0 Å². The highest BCUT2D eigenvalue weighted by Crippen LogP contribution is 2.66. The number of esters is 2. The SMILES string of the molecule is CCCCCC=CCC=CC1CCCCC=CCC=CCCCCCCCC(=O)OCC23CCC4C(C)(C)CCCC4(C)C2CC=C(COC(=O)CCCCCC1)CC3O. The number of ether oxygens (including phenoxy) is 2. The summed E-state index contributed by atoms with van der Waals surface area (Å²) in [5.74, 6) is 1.15. The van der Waals surface area contributed by atoms with Gasteiger partial charge >= 0.3 is 11.9 Å². The molecule has 1 heterocycles. The van der Waals surface area contributed by atoms with E-state index in [0.717, 1.165) is 95.5 Å². The standard InChI is InChI=1S/C55H90O5/c1-5-6-7-8-9-18-21-26-32-46-33-27-22-19-16-14-12-10-11-13-15-17-20-23-29-36-52(58)60-45-55-42-39-48-53(2,3)40-31-41-54(48,4)49(55)38-37-47(43-50(55)56)44-59-51(57)35-30-25-24-28-34-46/h9-11,14,16,18,26,32,37,46,48-50,56H,5-8,12-13,15,17,19-25,27-31,33-36,38-45H2,1-4H3. The average Bonchev–Trinajstić information content (AvgIpc) is 3.36. The van der Waals surface area contributed by atoms with Crippen LogP contribution in [0, 0.1) is 34.0 Å². The van der Waals surface area contributed by atoms with Crippen molar-refractivity contribution in [2.45, 2.75) is 226 Å². The second kappa shape index (κ2) is 27.6. The number of aliphatic hydroxyl groups excluding tert-OH is 1. The number of unbranched alkanes of at least 4 members (excludes halogenated alkanes) is 3. The Morgan fingerprint density at radius 1 is 0.700 bits per heavy atom. The van der Waals surface area contributed by atoms with Gasteiger partial charge in [-0.15, -0.1) is 0 Å². The van der Waals surface area contributed by atoms with Crippen molar-refractivity contribution in [1.29, 1.82) is 0 Å². The highest BCUT2D eigenvalue weighted by molar-refractivity contribution is 5.69. The van der Waals surface area contributed by atoms with Crippen LogP contribution in [-0.4, -0.2) is 36.4 Å². The van der Waals surface area contributed by atoms with Crippen LogP contribution in [-0.2, 0) is 19.1 Å². The first kappa shape index (κ1) is 50.2. The molecule has 3 aliphatic carbocycles. The fraction of sp³-hybridized carbons (Fsp3) is 0.782. The van der Waals surface area contributed by atoms with Gasteiger partial charge in [-0.3, -0.25) is 9.59 Å². The Labute approximate surface area is 368 Å². The van der Waals surface area contributed by atoms with Crippen LogP contribution in [0.4, 0.5) is 0 Å². The van der Waals surface area contributed by atoms with Gasteiger partial charge < -0.3 is 14.6 Å². The molecule has 0 saturated heterocycles. The number of cyclic esters (lactones) is 2. The number of rotatable bonds is 7. The van der Waals surface area contributed by atoms with Crippen molar-refractivity contribution in [3.8, 4) is 0 Å². The minimum atomic E-state index is -0.639. The molecule has 6 atom stereocenters. The van der Waals surface area contributed by atoms with Crippen LogP contribution < -0.4 is 0 Å². The van der Waals surface area contributed by atoms with E-state index in [1.165, 1.54) is 83.5 Å². The van der Waals surface area contributed by atoms with E-state index < -0.39 is 11.5 Å². The van der Waals surface area contributed by atoms with Crippen molar-refractivity contribution in [1.82, 2.24) is 0 Å². The first-order chi connectivity index (χ1) is 29.1. The summed E-state index contributed by atoms with van der Waals surface area (Å²) in [5.41, 5.74) is 0.834. The largest absolute Gasteiger partial charge is 0.465 e. The van der Waals surface area contributed by atoms with Gasteiger partial charge in [-0.05, 0) is 150 Å². The van der Waals surface area contributed by atoms with Gasteiger partial charge in [0.05, 0.1) is 12.7 Å². The maximum Gasteiger partial charge on any atom is 0.306 e. The molecule has 2 bridgehead atoms. The number of fused-ring (bicyclic) bond motifs is 4. The van der Waals surface area contributed by atoms with Crippen molar-refractivity contribution >= 4 is 11.9 Å². The van der Waals surface area contributed by atoms with E-state index in [1.54, 1.807) is 0 Å². The van der Waals surface area contributed by atoms with E-state index in [4.69, 9.17) is 9.47 Å². The molecule has 0 aromatic rings. The van der Waals surface area contributed by atoms with Crippen molar-refractivity contribution in [3.63, 3.8) is 0 Å². The second-order valence-electron chi connectivity index (χ2n) is 20.5. The van der Waals surface area contributed by atoms with E-state index in [2.05, 4.69) is 82.4 Å². The van der Waals surface area contributed by atoms with Gasteiger partial charge in [0, 0.05) is 18.3 Å². The molecule has 0 radical (unpaired) electrons. The molecule has 340 valence electrons. The van der Waals surface area contributed by atoms with Crippen molar-refractivity contribution in [2.75, 3.05) is 13.2 Å². The quantitative estimate of drug-likeness (QED) is 0.157. The Bertz CT molecular complexity index is 1380. The Kier molecular flexibility index (Phi) is 23.1.